The van der Waals surface area contributed by atoms with Crippen LogP contribution in [-0.4, -0.2) is 47.8 Å². The van der Waals surface area contributed by atoms with Crippen molar-refractivity contribution >= 4 is 11.8 Å². The lowest BCUT2D eigenvalue weighted by Crippen LogP contribution is -2.50. The number of piperazine rings is 1. The molecule has 0 spiro atoms. The van der Waals surface area contributed by atoms with E-state index >= 15 is 0 Å². The number of benzene rings is 1. The number of amides is 2. The predicted molar refractivity (Wildman–Crippen MR) is 94.9 cm³/mol. The topological polar surface area (TPSA) is 40.6 Å². The number of unbranched alkanes of at least 4 members (excludes halogenated alkanes) is 1. The van der Waals surface area contributed by atoms with E-state index in [4.69, 9.17) is 0 Å². The number of rotatable bonds is 5. The molecule has 1 aliphatic carbocycles. The quantitative estimate of drug-likeness (QED) is 0.833. The molecule has 0 N–H and O–H groups in total. The van der Waals surface area contributed by atoms with Crippen LogP contribution in [0.4, 0.5) is 0 Å². The highest BCUT2D eigenvalue weighted by atomic mass is 16.2. The fourth-order valence-electron chi connectivity index (χ4n) is 3.71. The molecule has 1 aromatic carbocycles. The molecule has 1 saturated heterocycles. The van der Waals surface area contributed by atoms with Crippen LogP contribution in [0.15, 0.2) is 18.2 Å². The molecule has 130 valence electrons. The summed E-state index contributed by atoms with van der Waals surface area (Å²) in [5.74, 6) is 0.427. The zero-order valence-corrected chi connectivity index (χ0v) is 14.7. The summed E-state index contributed by atoms with van der Waals surface area (Å²) in [4.78, 5) is 28.4. The standard InChI is InChI=1S/C20H28N2O2/c1-2-3-7-19(23)21-10-12-22(13-11-21)20(24)15-16-8-9-17-5-4-6-18(17)14-16/h8-9,14H,2-7,10-13,15H2,1H3. The zero-order valence-electron chi connectivity index (χ0n) is 14.7. The van der Waals surface area contributed by atoms with E-state index in [2.05, 4.69) is 25.1 Å². The van der Waals surface area contributed by atoms with Crippen LogP contribution in [0.1, 0.15) is 49.3 Å². The van der Waals surface area contributed by atoms with Crippen LogP contribution in [0.3, 0.4) is 0 Å². The summed E-state index contributed by atoms with van der Waals surface area (Å²) in [6.07, 6.45) is 6.69. The molecule has 24 heavy (non-hydrogen) atoms. The van der Waals surface area contributed by atoms with E-state index in [9.17, 15) is 9.59 Å². The van der Waals surface area contributed by atoms with Crippen LogP contribution in [0, 0.1) is 0 Å². The number of aryl methyl sites for hydroxylation is 2. The first-order valence-corrected chi connectivity index (χ1v) is 9.33. The Hall–Kier alpha value is -1.84. The Balaban J connectivity index is 1.49. The summed E-state index contributed by atoms with van der Waals surface area (Å²) in [5, 5.41) is 0. The maximum absolute atomic E-state index is 12.5. The first kappa shape index (κ1) is 17.0. The molecule has 4 nitrogen and oxygen atoms in total. The summed E-state index contributed by atoms with van der Waals surface area (Å²) in [6.45, 7) is 4.79. The van der Waals surface area contributed by atoms with E-state index in [-0.39, 0.29) is 11.8 Å². The van der Waals surface area contributed by atoms with Crippen LogP contribution in [0.25, 0.3) is 0 Å². The molecule has 0 bridgehead atoms. The molecule has 0 unspecified atom stereocenters. The van der Waals surface area contributed by atoms with Gasteiger partial charge < -0.3 is 9.80 Å². The molecular formula is C20H28N2O2. The lowest BCUT2D eigenvalue weighted by molar-refractivity contribution is -0.139. The van der Waals surface area contributed by atoms with E-state index in [1.165, 1.54) is 24.0 Å². The third-order valence-corrected chi connectivity index (χ3v) is 5.25. The number of nitrogens with zero attached hydrogens (tertiary/aromatic N) is 2. The van der Waals surface area contributed by atoms with Crippen molar-refractivity contribution in [3.63, 3.8) is 0 Å². The third kappa shape index (κ3) is 3.97. The highest BCUT2D eigenvalue weighted by Gasteiger charge is 2.24. The second-order valence-corrected chi connectivity index (χ2v) is 7.00. The van der Waals surface area contributed by atoms with Gasteiger partial charge in [-0.3, -0.25) is 9.59 Å². The lowest BCUT2D eigenvalue weighted by Gasteiger charge is -2.35. The van der Waals surface area contributed by atoms with Gasteiger partial charge in [-0.05, 0) is 42.4 Å². The average Bonchev–Trinajstić information content (AvgIpc) is 3.07. The first-order chi connectivity index (χ1) is 11.7. The maximum atomic E-state index is 12.5. The summed E-state index contributed by atoms with van der Waals surface area (Å²) in [5.41, 5.74) is 4.00. The monoisotopic (exact) mass is 328 g/mol. The number of hydrogen-bond donors (Lipinski definition) is 0. The summed E-state index contributed by atoms with van der Waals surface area (Å²) in [6, 6.07) is 6.51. The Morgan fingerprint density at radius 2 is 1.62 bits per heavy atom. The van der Waals surface area contributed by atoms with Gasteiger partial charge in [-0.2, -0.15) is 0 Å². The van der Waals surface area contributed by atoms with E-state index < -0.39 is 0 Å². The van der Waals surface area contributed by atoms with E-state index in [1.54, 1.807) is 0 Å². The molecule has 2 amide bonds. The van der Waals surface area contributed by atoms with E-state index in [1.807, 2.05) is 9.80 Å². The Labute approximate surface area is 144 Å². The zero-order chi connectivity index (χ0) is 16.9. The van der Waals surface area contributed by atoms with Crippen molar-refractivity contribution in [2.75, 3.05) is 26.2 Å². The molecule has 0 atom stereocenters. The summed E-state index contributed by atoms with van der Waals surface area (Å²) in [7, 11) is 0. The molecule has 1 aliphatic heterocycles. The normalized spacial score (nSPS) is 17.0. The van der Waals surface area contributed by atoms with Gasteiger partial charge in [-0.25, -0.2) is 0 Å². The molecule has 0 radical (unpaired) electrons. The van der Waals surface area contributed by atoms with Crippen molar-refractivity contribution in [1.29, 1.82) is 0 Å². The van der Waals surface area contributed by atoms with Gasteiger partial charge in [0.2, 0.25) is 11.8 Å². The van der Waals surface area contributed by atoms with Crippen molar-refractivity contribution in [3.8, 4) is 0 Å². The molecule has 3 rings (SSSR count). The maximum Gasteiger partial charge on any atom is 0.227 e. The van der Waals surface area contributed by atoms with Crippen LogP contribution >= 0.6 is 0 Å². The molecule has 1 heterocycles. The Morgan fingerprint density at radius 3 is 2.33 bits per heavy atom. The smallest absolute Gasteiger partial charge is 0.227 e. The molecule has 1 fully saturated rings. The van der Waals surface area contributed by atoms with Gasteiger partial charge in [-0.1, -0.05) is 31.5 Å². The summed E-state index contributed by atoms with van der Waals surface area (Å²) >= 11 is 0. The van der Waals surface area contributed by atoms with Gasteiger partial charge in [0, 0.05) is 32.6 Å². The van der Waals surface area contributed by atoms with Crippen molar-refractivity contribution in [2.45, 2.75) is 51.9 Å². The number of carbonyl (C=O) groups is 2. The summed E-state index contributed by atoms with van der Waals surface area (Å²) < 4.78 is 0. The molecule has 4 heteroatoms. The predicted octanol–water partition coefficient (Wildman–Crippen LogP) is 2.58. The van der Waals surface area contributed by atoms with Gasteiger partial charge >= 0.3 is 0 Å². The molecular weight excluding hydrogens is 300 g/mol. The Morgan fingerprint density at radius 1 is 0.958 bits per heavy atom. The highest BCUT2D eigenvalue weighted by molar-refractivity contribution is 5.80. The van der Waals surface area contributed by atoms with Crippen LogP contribution in [0.5, 0.6) is 0 Å². The first-order valence-electron chi connectivity index (χ1n) is 9.33. The van der Waals surface area contributed by atoms with Gasteiger partial charge in [0.05, 0.1) is 6.42 Å². The minimum Gasteiger partial charge on any atom is -0.339 e. The van der Waals surface area contributed by atoms with E-state index in [0.29, 0.717) is 39.0 Å². The van der Waals surface area contributed by atoms with Crippen molar-refractivity contribution in [1.82, 2.24) is 9.80 Å². The number of hydrogen-bond acceptors (Lipinski definition) is 2. The Kier molecular flexibility index (Phi) is 5.54. The molecule has 0 saturated carbocycles. The fraction of sp³-hybridized carbons (Fsp3) is 0.600. The highest BCUT2D eigenvalue weighted by Crippen LogP contribution is 2.23. The van der Waals surface area contributed by atoms with Gasteiger partial charge in [0.25, 0.3) is 0 Å². The number of carbonyl (C=O) groups excluding carboxylic acids is 2. The van der Waals surface area contributed by atoms with Crippen LogP contribution in [-0.2, 0) is 28.9 Å². The van der Waals surface area contributed by atoms with Crippen molar-refractivity contribution in [2.24, 2.45) is 0 Å². The van der Waals surface area contributed by atoms with Crippen LogP contribution in [0.2, 0.25) is 0 Å². The largest absolute Gasteiger partial charge is 0.339 e. The Bertz CT molecular complexity index is 604. The molecule has 1 aromatic rings. The van der Waals surface area contributed by atoms with E-state index in [0.717, 1.165) is 24.8 Å². The lowest BCUT2D eigenvalue weighted by atomic mass is 10.0. The average molecular weight is 328 g/mol. The van der Waals surface area contributed by atoms with Gasteiger partial charge in [0.1, 0.15) is 0 Å². The number of fused-ring (bicyclic) bond motifs is 1. The minimum atomic E-state index is 0.189. The van der Waals surface area contributed by atoms with Gasteiger partial charge in [-0.15, -0.1) is 0 Å². The minimum absolute atomic E-state index is 0.189. The molecule has 2 aliphatic rings. The van der Waals surface area contributed by atoms with Gasteiger partial charge in [0.15, 0.2) is 0 Å². The van der Waals surface area contributed by atoms with Crippen molar-refractivity contribution in [3.05, 3.63) is 34.9 Å². The van der Waals surface area contributed by atoms with Crippen molar-refractivity contribution < 1.29 is 9.59 Å². The second kappa shape index (κ2) is 7.82. The molecule has 0 aromatic heterocycles. The second-order valence-electron chi connectivity index (χ2n) is 7.00. The SMILES string of the molecule is CCCCC(=O)N1CCN(C(=O)Cc2ccc3c(c2)CCC3)CC1. The third-order valence-electron chi connectivity index (χ3n) is 5.25. The van der Waals surface area contributed by atoms with Crippen LogP contribution < -0.4 is 0 Å². The fourth-order valence-corrected chi connectivity index (χ4v) is 3.71.